The molecule has 17 heteroatoms. The summed E-state index contributed by atoms with van der Waals surface area (Å²) in [6, 6.07) is 20.2. The first-order valence-electron chi connectivity index (χ1n) is 19.8. The number of imide groups is 2. The molecule has 4 aliphatic rings. The zero-order valence-electron chi connectivity index (χ0n) is 33.1. The number of aromatic nitrogens is 2. The second-order valence-electron chi connectivity index (χ2n) is 15.2. The normalized spacial score (nSPS) is 19.4. The van der Waals surface area contributed by atoms with Crippen LogP contribution >= 0.6 is 0 Å². The largest absolute Gasteiger partial charge is 0.507 e. The molecule has 5 amide bonds. The van der Waals surface area contributed by atoms with Crippen molar-refractivity contribution in [3.05, 3.63) is 96.2 Å². The number of para-hydroxylation sites is 1. The van der Waals surface area contributed by atoms with Gasteiger partial charge in [-0.05, 0) is 55.0 Å². The van der Waals surface area contributed by atoms with E-state index in [9.17, 15) is 29.1 Å². The van der Waals surface area contributed by atoms with Crippen LogP contribution in [0.3, 0.4) is 0 Å². The summed E-state index contributed by atoms with van der Waals surface area (Å²) in [7, 11) is 2.04. The summed E-state index contributed by atoms with van der Waals surface area (Å²) in [6.07, 6.45) is 0.804. The van der Waals surface area contributed by atoms with Gasteiger partial charge in [0.15, 0.2) is 12.4 Å². The molecule has 4 aliphatic heterocycles. The number of benzene rings is 3. The van der Waals surface area contributed by atoms with Crippen molar-refractivity contribution in [3.8, 4) is 28.5 Å². The summed E-state index contributed by atoms with van der Waals surface area (Å²) < 4.78 is 11.9. The number of carbonyl (C=O) groups is 5. The molecule has 0 bridgehead atoms. The summed E-state index contributed by atoms with van der Waals surface area (Å²) in [5.74, 6) is -1.18. The Kier molecular flexibility index (Phi) is 11.1. The highest BCUT2D eigenvalue weighted by Gasteiger charge is 2.45. The zero-order valence-corrected chi connectivity index (χ0v) is 33.1. The molecule has 2 unspecified atom stereocenters. The average molecular weight is 816 g/mol. The van der Waals surface area contributed by atoms with Crippen molar-refractivity contribution < 1.29 is 38.6 Å². The van der Waals surface area contributed by atoms with Gasteiger partial charge in [-0.25, -0.2) is 0 Å². The lowest BCUT2D eigenvalue weighted by Crippen LogP contribution is -2.54. The minimum atomic E-state index is -1.06. The van der Waals surface area contributed by atoms with Crippen LogP contribution in [0.5, 0.6) is 17.2 Å². The first kappa shape index (κ1) is 39.8. The van der Waals surface area contributed by atoms with E-state index in [0.717, 1.165) is 22.0 Å². The number of likely N-dealkylation sites (N-methyl/N-ethyl adjacent to an activating group) is 1. The van der Waals surface area contributed by atoms with E-state index in [0.29, 0.717) is 69.2 Å². The van der Waals surface area contributed by atoms with Crippen LogP contribution in [0.4, 0.5) is 17.2 Å². The van der Waals surface area contributed by atoms with E-state index in [1.54, 1.807) is 23.1 Å². The Morgan fingerprint density at radius 3 is 2.47 bits per heavy atom. The number of rotatable bonds is 12. The van der Waals surface area contributed by atoms with E-state index in [1.165, 1.54) is 18.2 Å². The van der Waals surface area contributed by atoms with Crippen LogP contribution in [0.15, 0.2) is 85.1 Å². The van der Waals surface area contributed by atoms with Gasteiger partial charge in [0.2, 0.25) is 11.8 Å². The summed E-state index contributed by atoms with van der Waals surface area (Å²) in [5, 5.41) is 21.0. The number of hydrogen-bond acceptors (Lipinski definition) is 14. The number of piperidine rings is 1. The minimum absolute atomic E-state index is 0.0320. The number of phenols is 1. The lowest BCUT2D eigenvalue weighted by atomic mass is 10.0. The monoisotopic (exact) mass is 815 g/mol. The molecule has 8 rings (SSSR count). The predicted octanol–water partition coefficient (Wildman–Crippen LogP) is 2.66. The van der Waals surface area contributed by atoms with Gasteiger partial charge >= 0.3 is 0 Å². The third-order valence-corrected chi connectivity index (χ3v) is 11.5. The predicted molar refractivity (Wildman–Crippen MR) is 220 cm³/mol. The molecule has 17 nitrogen and oxygen atoms in total. The number of hydrogen-bond donors (Lipinski definition) is 3. The number of nitrogen functional groups attached to an aromatic ring is 1. The van der Waals surface area contributed by atoms with E-state index < -0.39 is 29.7 Å². The van der Waals surface area contributed by atoms with E-state index in [1.807, 2.05) is 43.4 Å². The average Bonchev–Trinajstić information content (AvgIpc) is 3.75. The highest BCUT2D eigenvalue weighted by atomic mass is 16.5. The number of aromatic hydroxyl groups is 1. The number of fused-ring (bicyclic) bond motifs is 1. The van der Waals surface area contributed by atoms with Crippen LogP contribution in [0.25, 0.3) is 11.3 Å². The van der Waals surface area contributed by atoms with Gasteiger partial charge < -0.3 is 35.0 Å². The van der Waals surface area contributed by atoms with Crippen molar-refractivity contribution in [3.63, 3.8) is 0 Å². The van der Waals surface area contributed by atoms with Gasteiger partial charge in [-0.15, -0.1) is 10.2 Å². The second kappa shape index (κ2) is 16.7. The molecule has 0 saturated carbocycles. The Bertz CT molecular complexity index is 2380. The molecule has 3 saturated heterocycles. The van der Waals surface area contributed by atoms with Crippen LogP contribution in [0.1, 0.15) is 40.0 Å². The number of anilines is 3. The standard InChI is InChI=1S/C43H45N9O8/c1-26-20-28(24-51(26)36-23-34(46-47-40(36)44)32-8-3-4-9-37(32)53)48(2)27-6-5-7-29(21-27)59-19-18-49-14-16-50(17-15-49)39(55)25-60-30-10-11-31-33(22-30)43(58)52(42(31)57)35-12-13-38(54)45-41(35)56/h3-11,21-23,28,35,53H,1,12-20,24-25H2,2H3,(H2,44,47)(H,45,54,56). The summed E-state index contributed by atoms with van der Waals surface area (Å²) >= 11 is 0. The van der Waals surface area contributed by atoms with Gasteiger partial charge in [0.05, 0.1) is 28.6 Å². The van der Waals surface area contributed by atoms with E-state index in [-0.39, 0.29) is 59.8 Å². The van der Waals surface area contributed by atoms with Gasteiger partial charge in [-0.1, -0.05) is 24.8 Å². The smallest absolute Gasteiger partial charge is 0.262 e. The number of phenolic OH excluding ortho intramolecular Hbond substituents is 1. The van der Waals surface area contributed by atoms with Crippen molar-refractivity contribution in [2.75, 3.05) is 75.1 Å². The minimum Gasteiger partial charge on any atom is -0.507 e. The number of nitrogens with two attached hydrogens (primary N) is 1. The molecule has 3 fully saturated rings. The van der Waals surface area contributed by atoms with Gasteiger partial charge in [-0.2, -0.15) is 0 Å². The Hall–Kier alpha value is -7.01. The molecule has 5 heterocycles. The fourth-order valence-electron chi connectivity index (χ4n) is 8.04. The van der Waals surface area contributed by atoms with Crippen LogP contribution in [0.2, 0.25) is 0 Å². The summed E-state index contributed by atoms with van der Waals surface area (Å²) in [6.45, 7) is 8.21. The van der Waals surface area contributed by atoms with Crippen LogP contribution in [-0.2, 0) is 14.4 Å². The fraction of sp³-hybridized carbons (Fsp3) is 0.326. The molecule has 2 atom stereocenters. The number of ether oxygens (including phenoxy) is 2. The van der Waals surface area contributed by atoms with Crippen molar-refractivity contribution >= 4 is 46.7 Å². The highest BCUT2D eigenvalue weighted by Crippen LogP contribution is 2.37. The van der Waals surface area contributed by atoms with E-state index in [2.05, 4.69) is 36.8 Å². The molecule has 4 aromatic rings. The van der Waals surface area contributed by atoms with Crippen molar-refractivity contribution in [1.29, 1.82) is 0 Å². The topological polar surface area (TPSA) is 204 Å². The maximum atomic E-state index is 13.1. The molecule has 4 N–H and O–H groups in total. The Labute approximate surface area is 345 Å². The first-order chi connectivity index (χ1) is 28.9. The molecule has 60 heavy (non-hydrogen) atoms. The van der Waals surface area contributed by atoms with Gasteiger partial charge in [0, 0.05) is 82.2 Å². The fourth-order valence-corrected chi connectivity index (χ4v) is 8.04. The van der Waals surface area contributed by atoms with Gasteiger partial charge in [-0.3, -0.25) is 39.1 Å². The van der Waals surface area contributed by atoms with Gasteiger partial charge in [0.1, 0.15) is 29.9 Å². The van der Waals surface area contributed by atoms with Crippen molar-refractivity contribution in [2.24, 2.45) is 0 Å². The number of nitrogens with zero attached hydrogens (tertiary/aromatic N) is 7. The van der Waals surface area contributed by atoms with Crippen molar-refractivity contribution in [1.82, 2.24) is 30.2 Å². The first-order valence-corrected chi connectivity index (χ1v) is 19.8. The molecule has 310 valence electrons. The lowest BCUT2D eigenvalue weighted by molar-refractivity contribution is -0.136. The lowest BCUT2D eigenvalue weighted by Gasteiger charge is -2.34. The molecule has 0 spiro atoms. The third kappa shape index (κ3) is 8.03. The van der Waals surface area contributed by atoms with E-state index >= 15 is 0 Å². The molecular formula is C43H45N9O8. The van der Waals surface area contributed by atoms with Crippen LogP contribution < -0.4 is 30.3 Å². The Balaban J connectivity index is 0.784. The summed E-state index contributed by atoms with van der Waals surface area (Å²) in [4.78, 5) is 72.2. The molecule has 0 radical (unpaired) electrons. The van der Waals surface area contributed by atoms with Crippen molar-refractivity contribution in [2.45, 2.75) is 31.3 Å². The molecule has 3 aromatic carbocycles. The number of amides is 5. The van der Waals surface area contributed by atoms with Crippen LogP contribution in [0, 0.1) is 0 Å². The molecular weight excluding hydrogens is 771 g/mol. The van der Waals surface area contributed by atoms with Gasteiger partial charge in [0.25, 0.3) is 17.7 Å². The Morgan fingerprint density at radius 2 is 1.68 bits per heavy atom. The SMILES string of the molecule is C=C1CC(N(C)c2cccc(OCCN3CCN(C(=O)COc4ccc5c(c4)C(=O)N(C4CCC(=O)NC4=O)C5=O)CC3)c2)CN1c1cc(-c2ccccc2O)nnc1N. The number of carbonyl (C=O) groups excluding carboxylic acids is 5. The number of nitrogens with one attached hydrogen (secondary N) is 1. The quantitative estimate of drug-likeness (QED) is 0.176. The zero-order chi connectivity index (χ0) is 42.1. The summed E-state index contributed by atoms with van der Waals surface area (Å²) in [5.41, 5.74) is 10.2. The Morgan fingerprint density at radius 1 is 0.917 bits per heavy atom. The highest BCUT2D eigenvalue weighted by molar-refractivity contribution is 6.23. The third-order valence-electron chi connectivity index (χ3n) is 11.5. The maximum absolute atomic E-state index is 13.1. The molecule has 0 aliphatic carbocycles. The number of piperazine rings is 1. The second-order valence-corrected chi connectivity index (χ2v) is 15.2. The van der Waals surface area contributed by atoms with E-state index in [4.69, 9.17) is 15.2 Å². The maximum Gasteiger partial charge on any atom is 0.262 e. The molecule has 1 aromatic heterocycles. The van der Waals surface area contributed by atoms with Crippen LogP contribution in [-0.4, -0.2) is 131 Å².